The Hall–Kier alpha value is -2.69. The van der Waals surface area contributed by atoms with E-state index in [0.717, 1.165) is 0 Å². The van der Waals surface area contributed by atoms with Gasteiger partial charge in [-0.25, -0.2) is 10.8 Å². The largest absolute Gasteiger partial charge is 0.439 e. The van der Waals surface area contributed by atoms with Crippen LogP contribution in [0.3, 0.4) is 0 Å². The molecule has 0 atom stereocenters. The number of aromatic nitrogens is 2. The van der Waals surface area contributed by atoms with E-state index in [1.54, 1.807) is 30.3 Å². The fraction of sp³-hybridized carbons (Fsp3) is 0.214. The van der Waals surface area contributed by atoms with Gasteiger partial charge in [0.05, 0.1) is 11.6 Å². The lowest BCUT2D eigenvalue weighted by Gasteiger charge is -2.09. The number of hydrogen-bond donors (Lipinski definition) is 2. The van der Waals surface area contributed by atoms with Crippen LogP contribution < -0.4 is 16.0 Å². The van der Waals surface area contributed by atoms with E-state index < -0.39 is 0 Å². The molecule has 1 aromatic heterocycles. The molecule has 7 nitrogen and oxygen atoms in total. The Kier molecular flexibility index (Phi) is 5.04. The third-order valence-corrected chi connectivity index (χ3v) is 2.54. The Morgan fingerprint density at radius 1 is 1.29 bits per heavy atom. The maximum atomic E-state index is 8.76. The first-order valence-corrected chi connectivity index (χ1v) is 6.35. The second-order valence-electron chi connectivity index (χ2n) is 4.03. The van der Waals surface area contributed by atoms with Crippen LogP contribution in [0.1, 0.15) is 18.3 Å². The molecule has 0 amide bonds. The molecule has 0 fully saturated rings. The quantitative estimate of drug-likeness (QED) is 0.617. The first kappa shape index (κ1) is 14.7. The maximum absolute atomic E-state index is 8.76. The van der Waals surface area contributed by atoms with Crippen molar-refractivity contribution in [3.05, 3.63) is 41.7 Å². The molecular formula is C14H15N5O2. The van der Waals surface area contributed by atoms with Crippen LogP contribution in [-0.2, 0) is 11.3 Å². The van der Waals surface area contributed by atoms with Crippen LogP contribution in [0.15, 0.2) is 30.3 Å². The standard InChI is InChI=1S/C14H15N5O2/c1-2-20-9-13-17-12(19-16)7-14(18-13)21-11-5-3-10(8-15)4-6-11/h3-7H,2,9,16H2,1H3,(H,17,18,19). The highest BCUT2D eigenvalue weighted by atomic mass is 16.5. The molecule has 2 aromatic rings. The number of ether oxygens (including phenoxy) is 2. The normalized spacial score (nSPS) is 9.95. The number of hydrazine groups is 1. The molecule has 3 N–H and O–H groups in total. The topological polar surface area (TPSA) is 106 Å². The number of nitrogens with one attached hydrogen (secondary N) is 1. The fourth-order valence-electron chi connectivity index (χ4n) is 1.58. The number of nitrogens with two attached hydrogens (primary N) is 1. The van der Waals surface area contributed by atoms with Gasteiger partial charge in [0, 0.05) is 12.7 Å². The highest BCUT2D eigenvalue weighted by Crippen LogP contribution is 2.22. The number of rotatable bonds is 6. The molecule has 108 valence electrons. The molecule has 0 radical (unpaired) electrons. The van der Waals surface area contributed by atoms with Gasteiger partial charge in [0.1, 0.15) is 18.2 Å². The Bertz CT molecular complexity index is 637. The lowest BCUT2D eigenvalue weighted by atomic mass is 10.2. The Labute approximate surface area is 122 Å². The number of nitriles is 1. The van der Waals surface area contributed by atoms with E-state index in [1.165, 1.54) is 0 Å². The van der Waals surface area contributed by atoms with Crippen molar-refractivity contribution in [2.24, 2.45) is 5.84 Å². The Morgan fingerprint density at radius 3 is 2.67 bits per heavy atom. The van der Waals surface area contributed by atoms with E-state index in [4.69, 9.17) is 20.6 Å². The average Bonchev–Trinajstić information content (AvgIpc) is 2.53. The number of anilines is 1. The summed E-state index contributed by atoms with van der Waals surface area (Å²) in [7, 11) is 0. The molecule has 0 unspecified atom stereocenters. The zero-order chi connectivity index (χ0) is 15.1. The summed E-state index contributed by atoms with van der Waals surface area (Å²) in [5.41, 5.74) is 3.02. The molecule has 0 aliphatic carbocycles. The van der Waals surface area contributed by atoms with Crippen molar-refractivity contribution in [1.82, 2.24) is 9.97 Å². The lowest BCUT2D eigenvalue weighted by molar-refractivity contribution is 0.128. The van der Waals surface area contributed by atoms with Crippen molar-refractivity contribution >= 4 is 5.82 Å². The van der Waals surface area contributed by atoms with Crippen LogP contribution in [0.4, 0.5) is 5.82 Å². The van der Waals surface area contributed by atoms with E-state index in [-0.39, 0.29) is 6.61 Å². The van der Waals surface area contributed by atoms with Crippen LogP contribution in [0.5, 0.6) is 11.6 Å². The predicted octanol–water partition coefficient (Wildman–Crippen LogP) is 1.96. The highest BCUT2D eigenvalue weighted by Gasteiger charge is 2.06. The van der Waals surface area contributed by atoms with Crippen molar-refractivity contribution < 1.29 is 9.47 Å². The molecule has 0 bridgehead atoms. The molecule has 1 heterocycles. The van der Waals surface area contributed by atoms with E-state index in [1.807, 2.05) is 13.0 Å². The molecular weight excluding hydrogens is 270 g/mol. The fourth-order valence-corrected chi connectivity index (χ4v) is 1.58. The number of nitrogen functional groups attached to an aromatic ring is 1. The zero-order valence-electron chi connectivity index (χ0n) is 11.5. The van der Waals surface area contributed by atoms with Crippen LogP contribution in [0, 0.1) is 11.3 Å². The summed E-state index contributed by atoms with van der Waals surface area (Å²) in [6.07, 6.45) is 0. The minimum Gasteiger partial charge on any atom is -0.439 e. The minimum atomic E-state index is 0.274. The second kappa shape index (κ2) is 7.19. The third kappa shape index (κ3) is 4.14. The molecule has 0 aliphatic heterocycles. The molecule has 0 aliphatic rings. The molecule has 7 heteroatoms. The first-order chi connectivity index (χ1) is 10.2. The smallest absolute Gasteiger partial charge is 0.224 e. The molecule has 2 rings (SSSR count). The molecule has 21 heavy (non-hydrogen) atoms. The van der Waals surface area contributed by atoms with Crippen molar-refractivity contribution in [3.63, 3.8) is 0 Å². The summed E-state index contributed by atoms with van der Waals surface area (Å²) >= 11 is 0. The summed E-state index contributed by atoms with van der Waals surface area (Å²) in [4.78, 5) is 8.40. The number of benzene rings is 1. The predicted molar refractivity (Wildman–Crippen MR) is 76.4 cm³/mol. The van der Waals surface area contributed by atoms with E-state index >= 15 is 0 Å². The van der Waals surface area contributed by atoms with Gasteiger partial charge >= 0.3 is 0 Å². The minimum absolute atomic E-state index is 0.274. The molecule has 1 aromatic carbocycles. The zero-order valence-corrected chi connectivity index (χ0v) is 11.5. The van der Waals surface area contributed by atoms with Gasteiger partial charge in [-0.3, -0.25) is 0 Å². The van der Waals surface area contributed by atoms with Gasteiger partial charge < -0.3 is 14.9 Å². The summed E-state index contributed by atoms with van der Waals surface area (Å²) in [6.45, 7) is 2.73. The van der Waals surface area contributed by atoms with Crippen LogP contribution in [0.25, 0.3) is 0 Å². The molecule has 0 spiro atoms. The SMILES string of the molecule is CCOCc1nc(NN)cc(Oc2ccc(C#N)cc2)n1. The van der Waals surface area contributed by atoms with E-state index in [0.29, 0.717) is 35.4 Å². The van der Waals surface area contributed by atoms with Crippen LogP contribution in [-0.4, -0.2) is 16.6 Å². The summed E-state index contributed by atoms with van der Waals surface area (Å²) in [6, 6.07) is 10.3. The average molecular weight is 285 g/mol. The molecule has 0 saturated carbocycles. The van der Waals surface area contributed by atoms with Gasteiger partial charge in [0.15, 0.2) is 5.82 Å². The van der Waals surface area contributed by atoms with Gasteiger partial charge in [0.25, 0.3) is 0 Å². The van der Waals surface area contributed by atoms with Crippen LogP contribution >= 0.6 is 0 Å². The second-order valence-corrected chi connectivity index (χ2v) is 4.03. The third-order valence-electron chi connectivity index (χ3n) is 2.54. The first-order valence-electron chi connectivity index (χ1n) is 6.35. The van der Waals surface area contributed by atoms with Gasteiger partial charge in [-0.2, -0.15) is 10.2 Å². The number of hydrogen-bond acceptors (Lipinski definition) is 7. The monoisotopic (exact) mass is 285 g/mol. The summed E-state index contributed by atoms with van der Waals surface area (Å²) < 4.78 is 10.9. The van der Waals surface area contributed by atoms with E-state index in [9.17, 15) is 0 Å². The summed E-state index contributed by atoms with van der Waals surface area (Å²) in [5, 5.41) is 8.76. The summed E-state index contributed by atoms with van der Waals surface area (Å²) in [5.74, 6) is 7.19. The van der Waals surface area contributed by atoms with Gasteiger partial charge in [-0.05, 0) is 31.2 Å². The van der Waals surface area contributed by atoms with Crippen molar-refractivity contribution in [2.45, 2.75) is 13.5 Å². The van der Waals surface area contributed by atoms with Gasteiger partial charge in [0.2, 0.25) is 5.88 Å². The Balaban J connectivity index is 2.19. The Morgan fingerprint density at radius 2 is 2.05 bits per heavy atom. The lowest BCUT2D eigenvalue weighted by Crippen LogP contribution is -2.11. The maximum Gasteiger partial charge on any atom is 0.224 e. The highest BCUT2D eigenvalue weighted by molar-refractivity contribution is 5.40. The molecule has 0 saturated heterocycles. The van der Waals surface area contributed by atoms with E-state index in [2.05, 4.69) is 15.4 Å². The van der Waals surface area contributed by atoms with Gasteiger partial charge in [-0.15, -0.1) is 0 Å². The van der Waals surface area contributed by atoms with Crippen molar-refractivity contribution in [2.75, 3.05) is 12.0 Å². The van der Waals surface area contributed by atoms with Crippen molar-refractivity contribution in [3.8, 4) is 17.7 Å². The number of nitrogens with zero attached hydrogens (tertiary/aromatic N) is 3. The van der Waals surface area contributed by atoms with Crippen LogP contribution in [0.2, 0.25) is 0 Å². The van der Waals surface area contributed by atoms with Crippen molar-refractivity contribution in [1.29, 1.82) is 5.26 Å². The van der Waals surface area contributed by atoms with Gasteiger partial charge in [-0.1, -0.05) is 0 Å².